The van der Waals surface area contributed by atoms with Crippen LogP contribution < -0.4 is 5.73 Å². The van der Waals surface area contributed by atoms with Crippen LogP contribution in [0.15, 0.2) is 18.6 Å². The number of nitrogens with two attached hydrogens (primary N) is 1. The largest absolute Gasteiger partial charge is 0.383 e. The number of hydrogen-bond acceptors (Lipinski definition) is 5. The van der Waals surface area contributed by atoms with E-state index in [4.69, 9.17) is 5.73 Å². The molecule has 0 amide bonds. The molecule has 5 nitrogen and oxygen atoms in total. The van der Waals surface area contributed by atoms with Gasteiger partial charge in [0.15, 0.2) is 5.82 Å². The fraction of sp³-hybridized carbons (Fsp3) is 0.385. The van der Waals surface area contributed by atoms with Crippen LogP contribution in [0.25, 0.3) is 11.5 Å². The highest BCUT2D eigenvalue weighted by atomic mass is 127. The second-order valence-electron chi connectivity index (χ2n) is 4.70. The van der Waals surface area contributed by atoms with Crippen molar-refractivity contribution in [2.45, 2.75) is 31.6 Å². The number of aromatic nitrogens is 4. The molecule has 2 aromatic rings. The van der Waals surface area contributed by atoms with E-state index < -0.39 is 0 Å². The normalized spacial score (nSPS) is 15.8. The van der Waals surface area contributed by atoms with Gasteiger partial charge in [-0.3, -0.25) is 4.98 Å². The highest BCUT2D eigenvalue weighted by molar-refractivity contribution is 14.1. The minimum Gasteiger partial charge on any atom is -0.383 e. The Morgan fingerprint density at radius 3 is 2.63 bits per heavy atom. The fourth-order valence-corrected chi connectivity index (χ4v) is 3.16. The van der Waals surface area contributed by atoms with E-state index in [1.165, 1.54) is 25.7 Å². The predicted molar refractivity (Wildman–Crippen MR) is 81.4 cm³/mol. The summed E-state index contributed by atoms with van der Waals surface area (Å²) >= 11 is 2.24. The Kier molecular flexibility index (Phi) is 3.58. The average Bonchev–Trinajstić information content (AvgIpc) is 2.96. The van der Waals surface area contributed by atoms with Crippen molar-refractivity contribution >= 4 is 28.4 Å². The molecule has 3 rings (SSSR count). The molecule has 0 radical (unpaired) electrons. The lowest BCUT2D eigenvalue weighted by Crippen LogP contribution is -2.08. The third-order valence-electron chi connectivity index (χ3n) is 3.44. The number of anilines is 1. The second kappa shape index (κ2) is 5.36. The Labute approximate surface area is 125 Å². The molecule has 0 saturated heterocycles. The molecule has 0 unspecified atom stereocenters. The minimum atomic E-state index is 0.507. The van der Waals surface area contributed by atoms with Gasteiger partial charge in [0.1, 0.15) is 11.5 Å². The summed E-state index contributed by atoms with van der Waals surface area (Å²) in [7, 11) is 0. The van der Waals surface area contributed by atoms with Crippen molar-refractivity contribution in [3.8, 4) is 11.5 Å². The molecule has 1 aliphatic rings. The highest BCUT2D eigenvalue weighted by Gasteiger charge is 2.23. The van der Waals surface area contributed by atoms with Crippen molar-refractivity contribution in [1.82, 2.24) is 19.9 Å². The molecule has 1 saturated carbocycles. The van der Waals surface area contributed by atoms with Crippen LogP contribution in [0.3, 0.4) is 0 Å². The Balaban J connectivity index is 2.07. The lowest BCUT2D eigenvalue weighted by Gasteiger charge is -2.13. The third-order valence-corrected chi connectivity index (χ3v) is 4.54. The van der Waals surface area contributed by atoms with Crippen LogP contribution in [0.5, 0.6) is 0 Å². The van der Waals surface area contributed by atoms with Crippen molar-refractivity contribution in [3.05, 3.63) is 27.9 Å². The van der Waals surface area contributed by atoms with E-state index >= 15 is 0 Å². The molecule has 6 heteroatoms. The quantitative estimate of drug-likeness (QED) is 0.826. The van der Waals surface area contributed by atoms with E-state index in [1.54, 1.807) is 18.6 Å². The van der Waals surface area contributed by atoms with Crippen LogP contribution >= 0.6 is 22.6 Å². The van der Waals surface area contributed by atoms with Crippen LogP contribution in [-0.2, 0) is 0 Å². The zero-order chi connectivity index (χ0) is 13.2. The molecular weight excluding hydrogens is 353 g/mol. The summed E-state index contributed by atoms with van der Waals surface area (Å²) in [5.74, 6) is 1.62. The van der Waals surface area contributed by atoms with E-state index in [-0.39, 0.29) is 0 Å². The monoisotopic (exact) mass is 367 g/mol. The van der Waals surface area contributed by atoms with E-state index in [0.717, 1.165) is 9.26 Å². The molecule has 0 aromatic carbocycles. The zero-order valence-electron chi connectivity index (χ0n) is 10.4. The summed E-state index contributed by atoms with van der Waals surface area (Å²) in [6.07, 6.45) is 9.86. The van der Waals surface area contributed by atoms with E-state index in [2.05, 4.69) is 42.5 Å². The molecule has 0 aliphatic heterocycles. The van der Waals surface area contributed by atoms with Crippen molar-refractivity contribution < 1.29 is 0 Å². The molecule has 0 spiro atoms. The van der Waals surface area contributed by atoms with Crippen LogP contribution in [0.1, 0.15) is 37.3 Å². The van der Waals surface area contributed by atoms with Gasteiger partial charge < -0.3 is 5.73 Å². The van der Waals surface area contributed by atoms with Gasteiger partial charge in [-0.1, -0.05) is 12.8 Å². The summed E-state index contributed by atoms with van der Waals surface area (Å²) in [6, 6.07) is 0. The van der Waals surface area contributed by atoms with Gasteiger partial charge in [-0.25, -0.2) is 15.0 Å². The maximum atomic E-state index is 6.02. The van der Waals surface area contributed by atoms with Gasteiger partial charge in [-0.2, -0.15) is 0 Å². The molecular formula is C13H14IN5. The standard InChI is InChI=1S/C13H14IN5/c14-10-11(8-3-1-2-4-8)18-13(19-12(10)15)9-7-16-5-6-17-9/h5-8H,1-4H2,(H2,15,18,19). The minimum absolute atomic E-state index is 0.507. The SMILES string of the molecule is Nc1nc(-c2cnccn2)nc(C2CCCC2)c1I. The molecule has 2 heterocycles. The molecule has 0 bridgehead atoms. The van der Waals surface area contributed by atoms with Gasteiger partial charge in [0.2, 0.25) is 0 Å². The number of rotatable bonds is 2. The van der Waals surface area contributed by atoms with Gasteiger partial charge in [-0.15, -0.1) is 0 Å². The average molecular weight is 367 g/mol. The maximum absolute atomic E-state index is 6.02. The van der Waals surface area contributed by atoms with Crippen molar-refractivity contribution in [2.75, 3.05) is 5.73 Å². The molecule has 0 atom stereocenters. The third kappa shape index (κ3) is 2.54. The smallest absolute Gasteiger partial charge is 0.182 e. The van der Waals surface area contributed by atoms with E-state index in [9.17, 15) is 0 Å². The van der Waals surface area contributed by atoms with Gasteiger partial charge >= 0.3 is 0 Å². The molecule has 19 heavy (non-hydrogen) atoms. The zero-order valence-corrected chi connectivity index (χ0v) is 12.5. The predicted octanol–water partition coefficient (Wildman–Crippen LogP) is 2.78. The number of halogens is 1. The van der Waals surface area contributed by atoms with Crippen LogP contribution in [0, 0.1) is 3.57 Å². The van der Waals surface area contributed by atoms with E-state index in [0.29, 0.717) is 23.3 Å². The van der Waals surface area contributed by atoms with Crippen LogP contribution in [0.2, 0.25) is 0 Å². The summed E-state index contributed by atoms with van der Waals surface area (Å²) in [4.78, 5) is 17.3. The van der Waals surface area contributed by atoms with Gasteiger partial charge in [0.05, 0.1) is 15.5 Å². The van der Waals surface area contributed by atoms with Crippen molar-refractivity contribution in [3.63, 3.8) is 0 Å². The highest BCUT2D eigenvalue weighted by Crippen LogP contribution is 2.37. The summed E-state index contributed by atoms with van der Waals surface area (Å²) < 4.78 is 0.983. The Morgan fingerprint density at radius 2 is 1.95 bits per heavy atom. The summed E-state index contributed by atoms with van der Waals surface area (Å²) in [6.45, 7) is 0. The van der Waals surface area contributed by atoms with Crippen LogP contribution in [0.4, 0.5) is 5.82 Å². The lowest BCUT2D eigenvalue weighted by atomic mass is 10.0. The lowest BCUT2D eigenvalue weighted by molar-refractivity contribution is 0.690. The fourth-order valence-electron chi connectivity index (χ4n) is 2.48. The number of hydrogen-bond donors (Lipinski definition) is 1. The van der Waals surface area contributed by atoms with Crippen LogP contribution in [-0.4, -0.2) is 19.9 Å². The number of nitrogen functional groups attached to an aromatic ring is 1. The van der Waals surface area contributed by atoms with Gasteiger partial charge in [-0.05, 0) is 35.4 Å². The molecule has 1 fully saturated rings. The van der Waals surface area contributed by atoms with Gasteiger partial charge in [0.25, 0.3) is 0 Å². The molecule has 1 aliphatic carbocycles. The Bertz CT molecular complexity index is 581. The summed E-state index contributed by atoms with van der Waals surface area (Å²) in [5.41, 5.74) is 7.77. The Morgan fingerprint density at radius 1 is 1.16 bits per heavy atom. The van der Waals surface area contributed by atoms with Gasteiger partial charge in [0, 0.05) is 18.3 Å². The first kappa shape index (κ1) is 12.7. The van der Waals surface area contributed by atoms with Crippen molar-refractivity contribution in [2.24, 2.45) is 0 Å². The topological polar surface area (TPSA) is 77.6 Å². The molecule has 2 aromatic heterocycles. The maximum Gasteiger partial charge on any atom is 0.182 e. The Hall–Kier alpha value is -1.31. The van der Waals surface area contributed by atoms with E-state index in [1.807, 2.05) is 0 Å². The molecule has 2 N–H and O–H groups in total. The first-order valence-electron chi connectivity index (χ1n) is 6.35. The first-order chi connectivity index (χ1) is 9.25. The first-order valence-corrected chi connectivity index (χ1v) is 7.43. The second-order valence-corrected chi connectivity index (χ2v) is 5.78. The summed E-state index contributed by atoms with van der Waals surface area (Å²) in [5, 5.41) is 0. The number of nitrogens with zero attached hydrogens (tertiary/aromatic N) is 4. The van der Waals surface area contributed by atoms with Crippen molar-refractivity contribution in [1.29, 1.82) is 0 Å². The molecule has 98 valence electrons.